The number of alkyl halides is 3. The third kappa shape index (κ3) is 3.52. The summed E-state index contributed by atoms with van der Waals surface area (Å²) in [4.78, 5) is 3.07. The number of nitriles is 1. The topological polar surface area (TPSA) is 74.4 Å². The van der Waals surface area contributed by atoms with Crippen molar-refractivity contribution < 1.29 is 18.3 Å². The highest BCUT2D eigenvalue weighted by atomic mass is 32.1. The van der Waals surface area contributed by atoms with Crippen LogP contribution in [0.25, 0.3) is 0 Å². The number of aliphatic hydroxyl groups is 1. The zero-order valence-electron chi connectivity index (χ0n) is 14.4. The Labute approximate surface area is 155 Å². The summed E-state index contributed by atoms with van der Waals surface area (Å²) in [6, 6.07) is 4.85. The van der Waals surface area contributed by atoms with Gasteiger partial charge in [-0.1, -0.05) is 0 Å². The predicted molar refractivity (Wildman–Crippen MR) is 96.1 cm³/mol. The molecule has 1 aliphatic heterocycles. The third-order valence-electron chi connectivity index (χ3n) is 4.38. The molecule has 2 rings (SSSR count). The highest BCUT2D eigenvalue weighted by Gasteiger charge is 2.46. The molecule has 1 heterocycles. The molecule has 0 atom stereocenters. The van der Waals surface area contributed by atoms with Crippen molar-refractivity contribution in [2.75, 3.05) is 18.1 Å². The highest BCUT2D eigenvalue weighted by molar-refractivity contribution is 7.80. The number of halogens is 3. The van der Waals surface area contributed by atoms with Crippen molar-refractivity contribution in [2.24, 2.45) is 0 Å². The van der Waals surface area contributed by atoms with E-state index in [4.69, 9.17) is 28.0 Å². The maximum absolute atomic E-state index is 13.2. The lowest BCUT2D eigenvalue weighted by atomic mass is 10.0. The Morgan fingerprint density at radius 3 is 2.50 bits per heavy atom. The van der Waals surface area contributed by atoms with E-state index in [0.29, 0.717) is 19.4 Å². The minimum atomic E-state index is -4.68. The van der Waals surface area contributed by atoms with Gasteiger partial charge >= 0.3 is 6.18 Å². The lowest BCUT2D eigenvalue weighted by Crippen LogP contribution is -2.44. The molecule has 1 aromatic rings. The minimum Gasteiger partial charge on any atom is -0.396 e. The van der Waals surface area contributed by atoms with Crippen molar-refractivity contribution in [1.82, 2.24) is 4.90 Å². The maximum Gasteiger partial charge on any atom is 0.417 e. The molecule has 1 aliphatic rings. The molecular weight excluding hydrogens is 367 g/mol. The van der Waals surface area contributed by atoms with Gasteiger partial charge in [-0.15, -0.1) is 0 Å². The standard InChI is InChI=1S/C17H19F3N4OS/c1-16(2)14(22)24(15(26)23(16)7-3-4-8-25)12-6-5-11(10-21)13(9-12)17(18,19)20/h5-6,9,22,25H,3-4,7-8H2,1-2H3/i10+2. The van der Waals surface area contributed by atoms with Crippen molar-refractivity contribution in [3.8, 4) is 6.07 Å². The fourth-order valence-electron chi connectivity index (χ4n) is 2.86. The quantitative estimate of drug-likeness (QED) is 0.598. The van der Waals surface area contributed by atoms with E-state index in [1.54, 1.807) is 24.8 Å². The normalized spacial score (nSPS) is 17.0. The van der Waals surface area contributed by atoms with Crippen LogP contribution in [0.15, 0.2) is 18.2 Å². The number of nitrogens with one attached hydrogen (secondary N) is 1. The molecule has 0 aliphatic carbocycles. The first kappa shape index (κ1) is 20.1. The number of benzene rings is 1. The Hall–Kier alpha value is -2.18. The Bertz CT molecular complexity index is 770. The van der Waals surface area contributed by atoms with Crippen molar-refractivity contribution in [1.29, 1.82) is 10.7 Å². The largest absolute Gasteiger partial charge is 0.417 e. The zero-order valence-corrected chi connectivity index (χ0v) is 15.2. The van der Waals surface area contributed by atoms with E-state index in [9.17, 15) is 13.2 Å². The fraction of sp³-hybridized carbons (Fsp3) is 0.471. The van der Waals surface area contributed by atoms with Crippen LogP contribution < -0.4 is 4.90 Å². The van der Waals surface area contributed by atoms with Crippen LogP contribution in [-0.4, -0.2) is 39.6 Å². The number of thiocarbonyl (C=S) groups is 1. The molecule has 0 aromatic heterocycles. The van der Waals surface area contributed by atoms with E-state index >= 15 is 0 Å². The number of aliphatic hydroxyl groups excluding tert-OH is 1. The van der Waals surface area contributed by atoms with Gasteiger partial charge in [-0.3, -0.25) is 10.3 Å². The lowest BCUT2D eigenvalue weighted by Gasteiger charge is -2.30. The van der Waals surface area contributed by atoms with Crippen molar-refractivity contribution >= 4 is 28.9 Å². The molecule has 0 radical (unpaired) electrons. The van der Waals surface area contributed by atoms with Gasteiger partial charge in [0.05, 0.1) is 28.4 Å². The molecular formula is C17H19F3N4OS. The average molecular weight is 386 g/mol. The van der Waals surface area contributed by atoms with Crippen LogP contribution in [0, 0.1) is 16.7 Å². The van der Waals surface area contributed by atoms with Gasteiger partial charge in [0.1, 0.15) is 5.84 Å². The maximum atomic E-state index is 13.2. The van der Waals surface area contributed by atoms with Gasteiger partial charge in [0, 0.05) is 13.2 Å². The Kier molecular flexibility index (Phi) is 5.58. The number of rotatable bonds is 5. The molecule has 0 unspecified atom stereocenters. The van der Waals surface area contributed by atoms with Gasteiger partial charge in [-0.05, 0) is 57.1 Å². The van der Waals surface area contributed by atoms with Crippen LogP contribution in [0.3, 0.4) is 0 Å². The van der Waals surface area contributed by atoms with Crippen LogP contribution in [-0.2, 0) is 6.18 Å². The van der Waals surface area contributed by atoms with Crippen LogP contribution in [0.2, 0.25) is 0 Å². The molecule has 0 spiro atoms. The molecule has 0 saturated carbocycles. The number of hydrogen-bond donors (Lipinski definition) is 2. The number of nitrogens with zero attached hydrogens (tertiary/aromatic N) is 3. The summed E-state index contributed by atoms with van der Waals surface area (Å²) in [6.45, 7) is 4.06. The summed E-state index contributed by atoms with van der Waals surface area (Å²) in [6.07, 6.45) is -3.47. The average Bonchev–Trinajstić information content (AvgIpc) is 2.73. The van der Waals surface area contributed by atoms with Crippen molar-refractivity contribution in [3.63, 3.8) is 0 Å². The van der Waals surface area contributed by atoms with Gasteiger partial charge < -0.3 is 10.0 Å². The molecule has 140 valence electrons. The molecule has 26 heavy (non-hydrogen) atoms. The van der Waals surface area contributed by atoms with E-state index in [-0.39, 0.29) is 23.2 Å². The second-order valence-electron chi connectivity index (χ2n) is 6.45. The smallest absolute Gasteiger partial charge is 0.396 e. The van der Waals surface area contributed by atoms with Crippen LogP contribution in [0.1, 0.15) is 37.8 Å². The van der Waals surface area contributed by atoms with Crippen LogP contribution >= 0.6 is 12.2 Å². The highest BCUT2D eigenvalue weighted by Crippen LogP contribution is 2.37. The van der Waals surface area contributed by atoms with Gasteiger partial charge in [0.2, 0.25) is 0 Å². The number of unbranched alkanes of at least 4 members (excludes halogenated alkanes) is 1. The predicted octanol–water partition coefficient (Wildman–Crippen LogP) is 3.51. The molecule has 0 amide bonds. The molecule has 2 N–H and O–H groups in total. The van der Waals surface area contributed by atoms with E-state index < -0.39 is 22.8 Å². The summed E-state index contributed by atoms with van der Waals surface area (Å²) in [7, 11) is 0. The van der Waals surface area contributed by atoms with E-state index in [1.807, 2.05) is 0 Å². The number of hydrogen-bond acceptors (Lipinski definition) is 4. The number of amidine groups is 1. The summed E-state index contributed by atoms with van der Waals surface area (Å²) in [5, 5.41) is 26.5. The molecule has 9 heteroatoms. The van der Waals surface area contributed by atoms with E-state index in [2.05, 4.69) is 0 Å². The van der Waals surface area contributed by atoms with Crippen LogP contribution in [0.4, 0.5) is 18.9 Å². The first-order valence-corrected chi connectivity index (χ1v) is 8.39. The Balaban J connectivity index is 2.44. The first-order chi connectivity index (χ1) is 12.1. The second kappa shape index (κ2) is 7.21. The fourth-order valence-corrected chi connectivity index (χ4v) is 3.37. The zero-order chi connectivity index (χ0) is 19.7. The van der Waals surface area contributed by atoms with Gasteiger partial charge in [-0.2, -0.15) is 18.4 Å². The van der Waals surface area contributed by atoms with Gasteiger partial charge in [0.25, 0.3) is 0 Å². The monoisotopic (exact) mass is 386 g/mol. The number of anilines is 1. The second-order valence-corrected chi connectivity index (χ2v) is 6.81. The molecule has 1 fully saturated rings. The van der Waals surface area contributed by atoms with E-state index in [1.165, 1.54) is 11.0 Å². The summed E-state index contributed by atoms with van der Waals surface area (Å²) in [5.74, 6) is 0.0596. The van der Waals surface area contributed by atoms with Crippen molar-refractivity contribution in [3.05, 3.63) is 29.3 Å². The molecule has 1 aromatic carbocycles. The summed E-state index contributed by atoms with van der Waals surface area (Å²) in [5.41, 5.74) is -2.22. The lowest BCUT2D eigenvalue weighted by molar-refractivity contribution is -0.137. The van der Waals surface area contributed by atoms with E-state index in [0.717, 1.165) is 12.1 Å². The SMILES string of the molecule is CC1(C)C(=N)N(c2ccc([14C]#N)c(C(F)(F)F)c2)C(=S)N1CCCCO. The molecule has 1 saturated heterocycles. The van der Waals surface area contributed by atoms with Gasteiger partial charge in [-0.25, -0.2) is 0 Å². The Morgan fingerprint density at radius 1 is 1.31 bits per heavy atom. The summed E-state index contributed by atoms with van der Waals surface area (Å²) >= 11 is 5.42. The summed E-state index contributed by atoms with van der Waals surface area (Å²) < 4.78 is 39.7. The first-order valence-electron chi connectivity index (χ1n) is 7.98. The molecule has 0 bridgehead atoms. The van der Waals surface area contributed by atoms with Crippen molar-refractivity contribution in [2.45, 2.75) is 38.4 Å². The van der Waals surface area contributed by atoms with Crippen LogP contribution in [0.5, 0.6) is 0 Å². The third-order valence-corrected chi connectivity index (χ3v) is 4.78. The van der Waals surface area contributed by atoms with Gasteiger partial charge in [0.15, 0.2) is 5.11 Å². The Morgan fingerprint density at radius 2 is 1.96 bits per heavy atom. The minimum absolute atomic E-state index is 0.0345. The molecule has 5 nitrogen and oxygen atoms in total.